The second-order valence-corrected chi connectivity index (χ2v) is 5.07. The molecule has 1 saturated heterocycles. The number of amides is 2. The van der Waals surface area contributed by atoms with Gasteiger partial charge in [-0.25, -0.2) is 0 Å². The standard InChI is InChI=1S/C14H17N3O2/c18-13-11-5-4-9(7-12(11)14(19)17-13)16-8-10-3-1-2-6-15-10/h4-5,7,10,15-16H,1-3,6,8H2,(H,17,18,19). The molecule has 1 fully saturated rings. The van der Waals surface area contributed by atoms with Crippen LogP contribution in [0.3, 0.4) is 0 Å². The molecule has 0 spiro atoms. The molecule has 2 aliphatic heterocycles. The fraction of sp³-hybridized carbons (Fsp3) is 0.429. The van der Waals surface area contributed by atoms with Crippen LogP contribution in [0, 0.1) is 0 Å². The highest BCUT2D eigenvalue weighted by atomic mass is 16.2. The van der Waals surface area contributed by atoms with Crippen molar-refractivity contribution in [2.45, 2.75) is 25.3 Å². The summed E-state index contributed by atoms with van der Waals surface area (Å²) in [7, 11) is 0. The average molecular weight is 259 g/mol. The van der Waals surface area contributed by atoms with Crippen molar-refractivity contribution in [1.29, 1.82) is 0 Å². The summed E-state index contributed by atoms with van der Waals surface area (Å²) in [4.78, 5) is 23.0. The number of nitrogens with one attached hydrogen (secondary N) is 3. The fourth-order valence-electron chi connectivity index (χ4n) is 2.62. The summed E-state index contributed by atoms with van der Waals surface area (Å²) in [5, 5.41) is 9.08. The van der Waals surface area contributed by atoms with Gasteiger partial charge in [-0.1, -0.05) is 6.42 Å². The molecule has 2 heterocycles. The number of hydrogen-bond acceptors (Lipinski definition) is 4. The zero-order valence-electron chi connectivity index (χ0n) is 10.7. The number of rotatable bonds is 3. The summed E-state index contributed by atoms with van der Waals surface area (Å²) in [6, 6.07) is 5.78. The number of carbonyl (C=O) groups is 2. The SMILES string of the molecule is O=C1NC(=O)c2cc(NCC3CCCCN3)ccc21. The summed E-state index contributed by atoms with van der Waals surface area (Å²) in [6.45, 7) is 1.92. The zero-order chi connectivity index (χ0) is 13.2. The van der Waals surface area contributed by atoms with Gasteiger partial charge in [-0.05, 0) is 37.6 Å². The lowest BCUT2D eigenvalue weighted by atomic mass is 10.0. The summed E-state index contributed by atoms with van der Waals surface area (Å²) >= 11 is 0. The third kappa shape index (κ3) is 2.46. The number of fused-ring (bicyclic) bond motifs is 1. The Morgan fingerprint density at radius 3 is 2.79 bits per heavy atom. The maximum Gasteiger partial charge on any atom is 0.259 e. The second kappa shape index (κ2) is 5.01. The molecule has 1 aromatic carbocycles. The number of hydrogen-bond donors (Lipinski definition) is 3. The first-order valence-corrected chi connectivity index (χ1v) is 6.71. The van der Waals surface area contributed by atoms with Crippen LogP contribution in [0.4, 0.5) is 5.69 Å². The van der Waals surface area contributed by atoms with Gasteiger partial charge in [0.15, 0.2) is 0 Å². The van der Waals surface area contributed by atoms with E-state index in [2.05, 4.69) is 16.0 Å². The van der Waals surface area contributed by atoms with E-state index in [0.29, 0.717) is 17.2 Å². The molecule has 2 amide bonds. The zero-order valence-corrected chi connectivity index (χ0v) is 10.7. The van der Waals surface area contributed by atoms with Crippen molar-refractivity contribution in [2.75, 3.05) is 18.4 Å². The van der Waals surface area contributed by atoms with E-state index < -0.39 is 0 Å². The molecule has 3 rings (SSSR count). The lowest BCUT2D eigenvalue weighted by Gasteiger charge is -2.24. The number of carbonyl (C=O) groups excluding carboxylic acids is 2. The summed E-state index contributed by atoms with van der Waals surface area (Å²) < 4.78 is 0. The second-order valence-electron chi connectivity index (χ2n) is 5.07. The molecule has 0 saturated carbocycles. The van der Waals surface area contributed by atoms with E-state index in [1.807, 2.05) is 6.07 Å². The molecule has 0 radical (unpaired) electrons. The Balaban J connectivity index is 1.67. The summed E-state index contributed by atoms with van der Waals surface area (Å²) in [6.07, 6.45) is 3.69. The Morgan fingerprint density at radius 1 is 1.16 bits per heavy atom. The lowest BCUT2D eigenvalue weighted by Crippen LogP contribution is -2.39. The van der Waals surface area contributed by atoms with E-state index >= 15 is 0 Å². The monoisotopic (exact) mass is 259 g/mol. The fourth-order valence-corrected chi connectivity index (χ4v) is 2.62. The predicted octanol–water partition coefficient (Wildman–Crippen LogP) is 1.12. The van der Waals surface area contributed by atoms with Crippen molar-refractivity contribution in [1.82, 2.24) is 10.6 Å². The molecule has 3 N–H and O–H groups in total. The van der Waals surface area contributed by atoms with Crippen LogP contribution in [0.15, 0.2) is 18.2 Å². The van der Waals surface area contributed by atoms with Crippen molar-refractivity contribution in [2.24, 2.45) is 0 Å². The van der Waals surface area contributed by atoms with Crippen LogP contribution >= 0.6 is 0 Å². The Bertz CT molecular complexity index is 521. The van der Waals surface area contributed by atoms with Crippen LogP contribution in [0.1, 0.15) is 40.0 Å². The van der Waals surface area contributed by atoms with E-state index in [1.165, 1.54) is 19.3 Å². The average Bonchev–Trinajstić information content (AvgIpc) is 2.73. The van der Waals surface area contributed by atoms with Gasteiger partial charge in [0.1, 0.15) is 0 Å². The van der Waals surface area contributed by atoms with Crippen LogP contribution in [0.2, 0.25) is 0 Å². The van der Waals surface area contributed by atoms with Crippen LogP contribution in [-0.2, 0) is 0 Å². The van der Waals surface area contributed by atoms with Crippen LogP contribution in [0.5, 0.6) is 0 Å². The minimum Gasteiger partial charge on any atom is -0.383 e. The highest BCUT2D eigenvalue weighted by Gasteiger charge is 2.26. The smallest absolute Gasteiger partial charge is 0.259 e. The van der Waals surface area contributed by atoms with E-state index in [4.69, 9.17) is 0 Å². The van der Waals surface area contributed by atoms with E-state index in [-0.39, 0.29) is 11.8 Å². The van der Waals surface area contributed by atoms with Gasteiger partial charge in [0.05, 0.1) is 11.1 Å². The van der Waals surface area contributed by atoms with E-state index in [1.54, 1.807) is 12.1 Å². The number of imide groups is 1. The van der Waals surface area contributed by atoms with Crippen LogP contribution in [0.25, 0.3) is 0 Å². The topological polar surface area (TPSA) is 70.2 Å². The Labute approximate surface area is 111 Å². The third-order valence-electron chi connectivity index (χ3n) is 3.70. The minimum absolute atomic E-state index is 0.305. The molecule has 0 aromatic heterocycles. The lowest BCUT2D eigenvalue weighted by molar-refractivity contribution is 0.0879. The van der Waals surface area contributed by atoms with Crippen molar-refractivity contribution in [3.05, 3.63) is 29.3 Å². The van der Waals surface area contributed by atoms with Gasteiger partial charge in [-0.3, -0.25) is 14.9 Å². The number of benzene rings is 1. The Morgan fingerprint density at radius 2 is 2.00 bits per heavy atom. The first kappa shape index (κ1) is 12.2. The molecule has 1 aromatic rings. The molecule has 5 nitrogen and oxygen atoms in total. The Kier molecular flexibility index (Phi) is 3.21. The molecule has 1 atom stereocenters. The minimum atomic E-state index is -0.306. The third-order valence-corrected chi connectivity index (χ3v) is 3.70. The number of anilines is 1. The molecule has 2 aliphatic rings. The Hall–Kier alpha value is -1.88. The molecular weight excluding hydrogens is 242 g/mol. The molecule has 100 valence electrons. The highest BCUT2D eigenvalue weighted by molar-refractivity contribution is 6.21. The van der Waals surface area contributed by atoms with Crippen molar-refractivity contribution >= 4 is 17.5 Å². The van der Waals surface area contributed by atoms with Gasteiger partial charge in [0.2, 0.25) is 0 Å². The maximum absolute atomic E-state index is 11.6. The van der Waals surface area contributed by atoms with Gasteiger partial charge in [0, 0.05) is 18.3 Å². The van der Waals surface area contributed by atoms with Crippen LogP contribution in [-0.4, -0.2) is 30.9 Å². The van der Waals surface area contributed by atoms with Crippen LogP contribution < -0.4 is 16.0 Å². The highest BCUT2D eigenvalue weighted by Crippen LogP contribution is 2.20. The normalized spacial score (nSPS) is 22.0. The molecular formula is C14H17N3O2. The van der Waals surface area contributed by atoms with Crippen molar-refractivity contribution < 1.29 is 9.59 Å². The van der Waals surface area contributed by atoms with Gasteiger partial charge in [-0.15, -0.1) is 0 Å². The summed E-state index contributed by atoms with van der Waals surface area (Å²) in [5.74, 6) is -0.611. The van der Waals surface area contributed by atoms with E-state index in [0.717, 1.165) is 18.8 Å². The number of piperidine rings is 1. The largest absolute Gasteiger partial charge is 0.383 e. The predicted molar refractivity (Wildman–Crippen MR) is 72.4 cm³/mol. The molecule has 0 bridgehead atoms. The maximum atomic E-state index is 11.6. The van der Waals surface area contributed by atoms with E-state index in [9.17, 15) is 9.59 Å². The van der Waals surface area contributed by atoms with Gasteiger partial charge >= 0.3 is 0 Å². The van der Waals surface area contributed by atoms with Gasteiger partial charge < -0.3 is 10.6 Å². The van der Waals surface area contributed by atoms with Gasteiger partial charge in [0.25, 0.3) is 11.8 Å². The first-order chi connectivity index (χ1) is 9.24. The molecule has 19 heavy (non-hydrogen) atoms. The molecule has 5 heteroatoms. The van der Waals surface area contributed by atoms with Crippen molar-refractivity contribution in [3.8, 4) is 0 Å². The molecule has 0 aliphatic carbocycles. The summed E-state index contributed by atoms with van der Waals surface area (Å²) in [5.41, 5.74) is 1.81. The van der Waals surface area contributed by atoms with Gasteiger partial charge in [-0.2, -0.15) is 0 Å². The van der Waals surface area contributed by atoms with Crippen molar-refractivity contribution in [3.63, 3.8) is 0 Å². The quantitative estimate of drug-likeness (QED) is 0.712. The molecule has 1 unspecified atom stereocenters. The first-order valence-electron chi connectivity index (χ1n) is 6.71.